The third kappa shape index (κ3) is 2.78. The van der Waals surface area contributed by atoms with Gasteiger partial charge in [-0.1, -0.05) is 17.2 Å². The topological polar surface area (TPSA) is 117 Å². The number of hydrogen-bond acceptors (Lipinski definition) is 7. The molecule has 0 bridgehead atoms. The molecular formula is C13H16N6O3. The number of carbonyl (C=O) groups excluding carboxylic acids is 1. The molecular weight excluding hydrogens is 288 g/mol. The molecule has 2 aromatic rings. The van der Waals surface area contributed by atoms with Gasteiger partial charge in [0, 0.05) is 5.56 Å². The minimum atomic E-state index is -0.223. The Kier molecular flexibility index (Phi) is 3.77. The molecule has 0 fully saturated rings. The molecule has 0 saturated carbocycles. The molecule has 1 amide bonds. The molecule has 9 nitrogen and oxygen atoms in total. The zero-order valence-corrected chi connectivity index (χ0v) is 12.0. The second-order valence-corrected chi connectivity index (χ2v) is 4.92. The van der Waals surface area contributed by atoms with E-state index in [2.05, 4.69) is 20.8 Å². The van der Waals surface area contributed by atoms with Gasteiger partial charge in [0.15, 0.2) is 11.5 Å². The van der Waals surface area contributed by atoms with E-state index in [9.17, 15) is 4.79 Å². The number of nitrogens with one attached hydrogen (secondary N) is 1. The molecule has 22 heavy (non-hydrogen) atoms. The fourth-order valence-corrected chi connectivity index (χ4v) is 2.38. The van der Waals surface area contributed by atoms with Crippen LogP contribution in [-0.4, -0.2) is 45.9 Å². The predicted octanol–water partition coefficient (Wildman–Crippen LogP) is -0.616. The van der Waals surface area contributed by atoms with Gasteiger partial charge in [-0.05, 0) is 22.9 Å². The minimum Gasteiger partial charge on any atom is -0.493 e. The maximum Gasteiger partial charge on any atom is 0.242 e. The zero-order chi connectivity index (χ0) is 15.5. The van der Waals surface area contributed by atoms with Crippen molar-refractivity contribution in [1.82, 2.24) is 25.5 Å². The van der Waals surface area contributed by atoms with Gasteiger partial charge in [0.05, 0.1) is 13.2 Å². The van der Waals surface area contributed by atoms with E-state index in [-0.39, 0.29) is 24.4 Å². The van der Waals surface area contributed by atoms with E-state index >= 15 is 0 Å². The number of tetrazole rings is 1. The molecule has 3 rings (SSSR count). The van der Waals surface area contributed by atoms with Crippen LogP contribution in [0.2, 0.25) is 0 Å². The lowest BCUT2D eigenvalue weighted by atomic mass is 10.0. The average molecular weight is 304 g/mol. The number of hydrogen-bond donors (Lipinski definition) is 2. The molecule has 9 heteroatoms. The Hall–Kier alpha value is -2.84. The highest BCUT2D eigenvalue weighted by Gasteiger charge is 2.24. The zero-order valence-electron chi connectivity index (χ0n) is 12.0. The standard InChI is InChI=1S/C13H16N6O3/c1-21-10-4-2-3-8-5-9(7-22-12(8)10)15-11(20)6-19-13(14)16-17-18-19/h2-4,9H,5-7H2,1H3,(H,15,20)(H2,14,16,18)/t9-/m1/s1. The molecule has 1 atom stereocenters. The number of fused-ring (bicyclic) bond motifs is 1. The maximum absolute atomic E-state index is 12.0. The van der Waals surface area contributed by atoms with Gasteiger partial charge in [0.2, 0.25) is 11.9 Å². The molecule has 1 aliphatic rings. The third-order valence-electron chi connectivity index (χ3n) is 3.39. The molecule has 1 aromatic carbocycles. The van der Waals surface area contributed by atoms with Crippen LogP contribution in [0, 0.1) is 0 Å². The van der Waals surface area contributed by atoms with E-state index in [1.807, 2.05) is 18.2 Å². The lowest BCUT2D eigenvalue weighted by Crippen LogP contribution is -2.44. The lowest BCUT2D eigenvalue weighted by molar-refractivity contribution is -0.122. The molecule has 3 N–H and O–H groups in total. The van der Waals surface area contributed by atoms with Crippen molar-refractivity contribution >= 4 is 11.9 Å². The van der Waals surface area contributed by atoms with Crippen LogP contribution in [0.5, 0.6) is 11.5 Å². The van der Waals surface area contributed by atoms with Gasteiger partial charge < -0.3 is 20.5 Å². The molecule has 2 heterocycles. The molecule has 0 saturated heterocycles. The smallest absolute Gasteiger partial charge is 0.242 e. The van der Waals surface area contributed by atoms with Gasteiger partial charge in [0.1, 0.15) is 13.2 Å². The molecule has 1 aliphatic heterocycles. The molecule has 116 valence electrons. The van der Waals surface area contributed by atoms with Crippen molar-refractivity contribution < 1.29 is 14.3 Å². The van der Waals surface area contributed by atoms with E-state index in [1.54, 1.807) is 7.11 Å². The summed E-state index contributed by atoms with van der Waals surface area (Å²) in [5.74, 6) is 1.31. The number of benzene rings is 1. The average Bonchev–Trinajstić information content (AvgIpc) is 2.91. The van der Waals surface area contributed by atoms with E-state index in [0.29, 0.717) is 18.8 Å². The van der Waals surface area contributed by atoms with Crippen molar-refractivity contribution in [2.75, 3.05) is 19.5 Å². The Bertz CT molecular complexity index is 686. The van der Waals surface area contributed by atoms with E-state index in [4.69, 9.17) is 15.2 Å². The summed E-state index contributed by atoms with van der Waals surface area (Å²) in [5.41, 5.74) is 6.52. The number of anilines is 1. The summed E-state index contributed by atoms with van der Waals surface area (Å²) in [6.45, 7) is 0.352. The number of methoxy groups -OCH3 is 1. The SMILES string of the molecule is COc1cccc2c1OC[C@H](NC(=O)Cn1nnnc1N)C2. The number of nitrogen functional groups attached to an aromatic ring is 1. The highest BCUT2D eigenvalue weighted by Crippen LogP contribution is 2.34. The van der Waals surface area contributed by atoms with Crippen LogP contribution in [0.3, 0.4) is 0 Å². The lowest BCUT2D eigenvalue weighted by Gasteiger charge is -2.27. The molecule has 0 spiro atoms. The highest BCUT2D eigenvalue weighted by molar-refractivity contribution is 5.76. The third-order valence-corrected chi connectivity index (χ3v) is 3.39. The number of para-hydroxylation sites is 1. The number of nitrogens with zero attached hydrogens (tertiary/aromatic N) is 4. The Labute approximate surface area is 126 Å². The number of rotatable bonds is 4. The van der Waals surface area contributed by atoms with Crippen molar-refractivity contribution in [2.24, 2.45) is 0 Å². The maximum atomic E-state index is 12.0. The largest absolute Gasteiger partial charge is 0.493 e. The quantitative estimate of drug-likeness (QED) is 0.773. The van der Waals surface area contributed by atoms with E-state index < -0.39 is 0 Å². The van der Waals surface area contributed by atoms with Gasteiger partial charge in [0.25, 0.3) is 0 Å². The van der Waals surface area contributed by atoms with Gasteiger partial charge in [-0.25, -0.2) is 4.68 Å². The van der Waals surface area contributed by atoms with Crippen LogP contribution in [0.4, 0.5) is 5.95 Å². The van der Waals surface area contributed by atoms with Gasteiger partial charge >= 0.3 is 0 Å². The van der Waals surface area contributed by atoms with Gasteiger partial charge in [-0.15, -0.1) is 0 Å². The summed E-state index contributed by atoms with van der Waals surface area (Å²) >= 11 is 0. The van der Waals surface area contributed by atoms with E-state index in [0.717, 1.165) is 11.3 Å². The van der Waals surface area contributed by atoms with Crippen molar-refractivity contribution in [1.29, 1.82) is 0 Å². The molecule has 1 aromatic heterocycles. The Morgan fingerprint density at radius 3 is 3.18 bits per heavy atom. The number of amides is 1. The van der Waals surface area contributed by atoms with Crippen molar-refractivity contribution in [3.05, 3.63) is 23.8 Å². The number of carbonyl (C=O) groups is 1. The van der Waals surface area contributed by atoms with Crippen LogP contribution in [-0.2, 0) is 17.8 Å². The second-order valence-electron chi connectivity index (χ2n) is 4.92. The summed E-state index contributed by atoms with van der Waals surface area (Å²) in [6, 6.07) is 5.57. The number of ether oxygens (including phenoxy) is 2. The Balaban J connectivity index is 1.63. The monoisotopic (exact) mass is 304 g/mol. The highest BCUT2D eigenvalue weighted by atomic mass is 16.5. The van der Waals surface area contributed by atoms with Crippen molar-refractivity contribution in [2.45, 2.75) is 19.0 Å². The first kappa shape index (κ1) is 14.1. The minimum absolute atomic E-state index is 0.0275. The first-order chi connectivity index (χ1) is 10.7. The molecule has 0 unspecified atom stereocenters. The first-order valence-electron chi connectivity index (χ1n) is 6.77. The Morgan fingerprint density at radius 2 is 2.45 bits per heavy atom. The molecule has 0 aliphatic carbocycles. The summed E-state index contributed by atoms with van der Waals surface area (Å²) in [7, 11) is 1.60. The van der Waals surface area contributed by atoms with Crippen LogP contribution >= 0.6 is 0 Å². The number of nitrogens with two attached hydrogens (primary N) is 1. The Morgan fingerprint density at radius 1 is 1.59 bits per heavy atom. The summed E-state index contributed by atoms with van der Waals surface area (Å²) in [4.78, 5) is 12.0. The summed E-state index contributed by atoms with van der Waals surface area (Å²) in [5, 5.41) is 13.4. The summed E-state index contributed by atoms with van der Waals surface area (Å²) in [6.07, 6.45) is 0.670. The van der Waals surface area contributed by atoms with E-state index in [1.165, 1.54) is 4.68 Å². The molecule has 0 radical (unpaired) electrons. The second kappa shape index (κ2) is 5.88. The van der Waals surface area contributed by atoms with Crippen LogP contribution in [0.1, 0.15) is 5.56 Å². The predicted molar refractivity (Wildman–Crippen MR) is 76.4 cm³/mol. The van der Waals surface area contributed by atoms with Gasteiger partial charge in [-0.3, -0.25) is 4.79 Å². The number of aromatic nitrogens is 4. The van der Waals surface area contributed by atoms with Crippen LogP contribution in [0.15, 0.2) is 18.2 Å². The van der Waals surface area contributed by atoms with Crippen molar-refractivity contribution in [3.63, 3.8) is 0 Å². The first-order valence-corrected chi connectivity index (χ1v) is 6.77. The van der Waals surface area contributed by atoms with Crippen LogP contribution < -0.4 is 20.5 Å². The summed E-state index contributed by atoms with van der Waals surface area (Å²) < 4.78 is 12.2. The van der Waals surface area contributed by atoms with Gasteiger partial charge in [-0.2, -0.15) is 0 Å². The normalized spacial score (nSPS) is 16.5. The van der Waals surface area contributed by atoms with Crippen molar-refractivity contribution in [3.8, 4) is 11.5 Å². The fraction of sp³-hybridized carbons (Fsp3) is 0.385. The fourth-order valence-electron chi connectivity index (χ4n) is 2.38. The van der Waals surface area contributed by atoms with Crippen LogP contribution in [0.25, 0.3) is 0 Å².